The van der Waals surface area contributed by atoms with E-state index in [4.69, 9.17) is 10.5 Å². The second-order valence-corrected chi connectivity index (χ2v) is 4.62. The van der Waals surface area contributed by atoms with Crippen LogP contribution in [0, 0.1) is 0 Å². The lowest BCUT2D eigenvalue weighted by Gasteiger charge is -2.16. The number of guanidine groups is 1. The number of hydrogen-bond donors (Lipinski definition) is 1. The van der Waals surface area contributed by atoms with Gasteiger partial charge in [-0.25, -0.2) is 0 Å². The number of rotatable bonds is 6. The van der Waals surface area contributed by atoms with Gasteiger partial charge in [-0.15, -0.1) is 24.0 Å². The summed E-state index contributed by atoms with van der Waals surface area (Å²) < 4.78 is 5.54. The molecule has 0 bridgehead atoms. The molecule has 0 amide bonds. The summed E-state index contributed by atoms with van der Waals surface area (Å²) in [4.78, 5) is 6.36. The largest absolute Gasteiger partial charge is 0.375 e. The van der Waals surface area contributed by atoms with Gasteiger partial charge in [0.25, 0.3) is 0 Å². The number of nitrogens with zero attached hydrogens (tertiary/aromatic N) is 2. The molecule has 0 spiro atoms. The minimum Gasteiger partial charge on any atom is -0.375 e. The van der Waals surface area contributed by atoms with Crippen LogP contribution in [-0.2, 0) is 11.3 Å². The molecule has 1 aliphatic rings. The summed E-state index contributed by atoms with van der Waals surface area (Å²) in [5.41, 5.74) is 7.06. The third-order valence-corrected chi connectivity index (χ3v) is 3.08. The molecule has 1 aromatic carbocycles. The van der Waals surface area contributed by atoms with Gasteiger partial charge in [0, 0.05) is 13.1 Å². The molecule has 0 saturated heterocycles. The van der Waals surface area contributed by atoms with Crippen LogP contribution in [0.4, 0.5) is 0 Å². The Balaban J connectivity index is 0.00000180. The first-order valence-corrected chi connectivity index (χ1v) is 6.42. The number of ether oxygens (including phenoxy) is 1. The van der Waals surface area contributed by atoms with Crippen LogP contribution in [-0.4, -0.2) is 37.1 Å². The van der Waals surface area contributed by atoms with E-state index in [1.807, 2.05) is 25.2 Å². The highest BCUT2D eigenvalue weighted by Gasteiger charge is 2.27. The Bertz CT molecular complexity index is 393. The summed E-state index contributed by atoms with van der Waals surface area (Å²) in [5, 5.41) is 0. The Labute approximate surface area is 132 Å². The van der Waals surface area contributed by atoms with Crippen molar-refractivity contribution in [3.63, 3.8) is 0 Å². The molecule has 1 fully saturated rings. The average Bonchev–Trinajstić information content (AvgIpc) is 3.23. The Morgan fingerprint density at radius 1 is 1.37 bits per heavy atom. The molecule has 19 heavy (non-hydrogen) atoms. The standard InChI is InChI=1S/C14H21N3O.HI/c1-17(13-7-8-13)14(15)16-9-10-18-11-12-5-3-2-4-6-12;/h2-6,13H,7-11H2,1H3,(H2,15,16);1H. The van der Waals surface area contributed by atoms with Crippen molar-refractivity contribution in [2.24, 2.45) is 10.7 Å². The maximum absolute atomic E-state index is 5.87. The van der Waals surface area contributed by atoms with E-state index in [0.717, 1.165) is 0 Å². The van der Waals surface area contributed by atoms with Gasteiger partial charge in [0.05, 0.1) is 19.8 Å². The van der Waals surface area contributed by atoms with Crippen LogP contribution in [0.25, 0.3) is 0 Å². The van der Waals surface area contributed by atoms with E-state index in [9.17, 15) is 0 Å². The van der Waals surface area contributed by atoms with Gasteiger partial charge < -0.3 is 15.4 Å². The van der Waals surface area contributed by atoms with Crippen LogP contribution in [0.15, 0.2) is 35.3 Å². The molecular formula is C14H22IN3O. The second kappa shape index (κ2) is 8.37. The molecule has 0 unspecified atom stereocenters. The first-order valence-electron chi connectivity index (χ1n) is 6.42. The maximum atomic E-state index is 5.87. The molecule has 1 aliphatic carbocycles. The predicted octanol–water partition coefficient (Wildman–Crippen LogP) is 2.23. The normalized spacial score (nSPS) is 14.9. The van der Waals surface area contributed by atoms with Crippen molar-refractivity contribution >= 4 is 29.9 Å². The van der Waals surface area contributed by atoms with Crippen molar-refractivity contribution in [3.8, 4) is 0 Å². The lowest BCUT2D eigenvalue weighted by Crippen LogP contribution is -2.36. The monoisotopic (exact) mass is 375 g/mol. The quantitative estimate of drug-likeness (QED) is 0.359. The smallest absolute Gasteiger partial charge is 0.191 e. The molecule has 4 nitrogen and oxygen atoms in total. The van der Waals surface area contributed by atoms with Crippen molar-refractivity contribution < 1.29 is 4.74 Å². The summed E-state index contributed by atoms with van der Waals surface area (Å²) in [5.74, 6) is 0.626. The molecule has 0 atom stereocenters. The molecule has 106 valence electrons. The van der Waals surface area contributed by atoms with E-state index in [2.05, 4.69) is 22.0 Å². The van der Waals surface area contributed by atoms with Gasteiger partial charge in [-0.1, -0.05) is 30.3 Å². The molecule has 0 radical (unpaired) electrons. The SMILES string of the molecule is CN(C(N)=NCCOCc1ccccc1)C1CC1.I. The highest BCUT2D eigenvalue weighted by Crippen LogP contribution is 2.24. The number of nitrogens with two attached hydrogens (primary N) is 1. The summed E-state index contributed by atoms with van der Waals surface area (Å²) in [7, 11) is 2.00. The highest BCUT2D eigenvalue weighted by atomic mass is 127. The van der Waals surface area contributed by atoms with Gasteiger partial charge in [-0.2, -0.15) is 0 Å². The summed E-state index contributed by atoms with van der Waals surface area (Å²) in [6, 6.07) is 10.7. The fraction of sp³-hybridized carbons (Fsp3) is 0.500. The lowest BCUT2D eigenvalue weighted by atomic mass is 10.2. The third kappa shape index (κ3) is 5.78. The van der Waals surface area contributed by atoms with E-state index in [-0.39, 0.29) is 24.0 Å². The zero-order valence-corrected chi connectivity index (χ0v) is 13.6. The van der Waals surface area contributed by atoms with Crippen LogP contribution >= 0.6 is 24.0 Å². The lowest BCUT2D eigenvalue weighted by molar-refractivity contribution is 0.128. The number of hydrogen-bond acceptors (Lipinski definition) is 2. The minimum absolute atomic E-state index is 0. The topological polar surface area (TPSA) is 50.8 Å². The van der Waals surface area contributed by atoms with E-state index < -0.39 is 0 Å². The van der Waals surface area contributed by atoms with Crippen molar-refractivity contribution in [1.82, 2.24) is 4.90 Å². The van der Waals surface area contributed by atoms with Gasteiger partial charge in [-0.3, -0.25) is 4.99 Å². The summed E-state index contributed by atoms with van der Waals surface area (Å²) in [6.45, 7) is 1.86. The van der Waals surface area contributed by atoms with Crippen molar-refractivity contribution in [3.05, 3.63) is 35.9 Å². The van der Waals surface area contributed by atoms with Gasteiger partial charge in [0.2, 0.25) is 0 Å². The molecule has 0 heterocycles. The van der Waals surface area contributed by atoms with Crippen molar-refractivity contribution in [1.29, 1.82) is 0 Å². The number of aliphatic imine (C=N–C) groups is 1. The van der Waals surface area contributed by atoms with Crippen LogP contribution in [0.2, 0.25) is 0 Å². The molecule has 2 N–H and O–H groups in total. The molecular weight excluding hydrogens is 353 g/mol. The molecule has 2 rings (SSSR count). The summed E-state index contributed by atoms with van der Waals surface area (Å²) in [6.07, 6.45) is 2.47. The van der Waals surface area contributed by atoms with E-state index >= 15 is 0 Å². The Morgan fingerprint density at radius 3 is 2.68 bits per heavy atom. The van der Waals surface area contributed by atoms with Gasteiger partial charge in [-0.05, 0) is 18.4 Å². The second-order valence-electron chi connectivity index (χ2n) is 4.62. The van der Waals surface area contributed by atoms with Crippen molar-refractivity contribution in [2.75, 3.05) is 20.2 Å². The molecule has 5 heteroatoms. The van der Waals surface area contributed by atoms with Crippen LogP contribution in [0.5, 0.6) is 0 Å². The minimum atomic E-state index is 0. The molecule has 0 aromatic heterocycles. The summed E-state index contributed by atoms with van der Waals surface area (Å²) >= 11 is 0. The van der Waals surface area contributed by atoms with Gasteiger partial charge in [0.15, 0.2) is 5.96 Å². The fourth-order valence-corrected chi connectivity index (χ4v) is 1.75. The average molecular weight is 375 g/mol. The zero-order valence-electron chi connectivity index (χ0n) is 11.3. The van der Waals surface area contributed by atoms with Gasteiger partial charge in [0.1, 0.15) is 0 Å². The zero-order chi connectivity index (χ0) is 12.8. The van der Waals surface area contributed by atoms with E-state index in [1.54, 1.807) is 0 Å². The predicted molar refractivity (Wildman–Crippen MR) is 88.8 cm³/mol. The molecule has 0 aliphatic heterocycles. The maximum Gasteiger partial charge on any atom is 0.191 e. The highest BCUT2D eigenvalue weighted by molar-refractivity contribution is 14.0. The third-order valence-electron chi connectivity index (χ3n) is 3.08. The Morgan fingerprint density at radius 2 is 2.05 bits per heavy atom. The Kier molecular flexibility index (Phi) is 7.15. The van der Waals surface area contributed by atoms with Crippen LogP contribution < -0.4 is 5.73 Å². The molecule has 1 saturated carbocycles. The van der Waals surface area contributed by atoms with E-state index in [1.165, 1.54) is 18.4 Å². The number of benzene rings is 1. The molecule has 1 aromatic rings. The first kappa shape index (κ1) is 16.2. The number of halogens is 1. The fourth-order valence-electron chi connectivity index (χ4n) is 1.75. The van der Waals surface area contributed by atoms with Gasteiger partial charge >= 0.3 is 0 Å². The Hall–Kier alpha value is -0.820. The van der Waals surface area contributed by atoms with Crippen LogP contribution in [0.1, 0.15) is 18.4 Å². The first-order chi connectivity index (χ1) is 8.77. The van der Waals surface area contributed by atoms with E-state index in [0.29, 0.717) is 31.8 Å². The van der Waals surface area contributed by atoms with Crippen molar-refractivity contribution in [2.45, 2.75) is 25.5 Å². The van der Waals surface area contributed by atoms with Crippen LogP contribution in [0.3, 0.4) is 0 Å².